The molecule has 1 aliphatic heterocycles. The molecule has 1 aromatic rings. The zero-order chi connectivity index (χ0) is 15.4. The summed E-state index contributed by atoms with van der Waals surface area (Å²) < 4.78 is 5.13. The van der Waals surface area contributed by atoms with Gasteiger partial charge in [-0.05, 0) is 36.7 Å². The van der Waals surface area contributed by atoms with Crippen molar-refractivity contribution in [2.24, 2.45) is 5.92 Å². The lowest BCUT2D eigenvalue weighted by Crippen LogP contribution is -2.54. The third-order valence-corrected chi connectivity index (χ3v) is 4.25. The van der Waals surface area contributed by atoms with Gasteiger partial charge in [0.05, 0.1) is 0 Å². The predicted octanol–water partition coefficient (Wildman–Crippen LogP) is 1.93. The predicted molar refractivity (Wildman–Crippen MR) is 83.7 cm³/mol. The molecule has 0 aliphatic carbocycles. The molecule has 118 valence electrons. The molecule has 1 unspecified atom stereocenters. The fourth-order valence-corrected chi connectivity index (χ4v) is 2.81. The number of hydrogen-bond donors (Lipinski definition) is 1. The molecule has 2 rings (SSSR count). The number of rotatable bonds is 5. The van der Waals surface area contributed by atoms with Crippen LogP contribution in [0.1, 0.15) is 24.4 Å². The first-order valence-electron chi connectivity index (χ1n) is 7.43. The summed E-state index contributed by atoms with van der Waals surface area (Å²) in [4.78, 5) is 16.8. The minimum absolute atomic E-state index is 0.207. The Kier molecular flexibility index (Phi) is 5.67. The Labute approximate surface area is 131 Å². The SMILES string of the molecule is CC(C)C(CNC(=O)c1ccc(Cl)o1)N1CCN(C)CC1. The number of nitrogens with one attached hydrogen (secondary N) is 1. The number of amides is 1. The van der Waals surface area contributed by atoms with Crippen LogP contribution in [-0.4, -0.2) is 61.5 Å². The molecule has 0 radical (unpaired) electrons. The molecule has 1 aromatic heterocycles. The second-order valence-electron chi connectivity index (χ2n) is 5.96. The largest absolute Gasteiger partial charge is 0.440 e. The number of halogens is 1. The minimum Gasteiger partial charge on any atom is -0.440 e. The van der Waals surface area contributed by atoms with Gasteiger partial charge in [-0.2, -0.15) is 0 Å². The first-order chi connectivity index (χ1) is 9.97. The monoisotopic (exact) mass is 313 g/mol. The highest BCUT2D eigenvalue weighted by molar-refractivity contribution is 6.29. The van der Waals surface area contributed by atoms with Crippen molar-refractivity contribution in [2.45, 2.75) is 19.9 Å². The number of furan rings is 1. The average Bonchev–Trinajstić information content (AvgIpc) is 2.87. The molecule has 1 aliphatic rings. The Morgan fingerprint density at radius 2 is 2.00 bits per heavy atom. The second kappa shape index (κ2) is 7.29. The van der Waals surface area contributed by atoms with Gasteiger partial charge in [0, 0.05) is 38.8 Å². The van der Waals surface area contributed by atoms with E-state index in [1.807, 2.05) is 0 Å². The topological polar surface area (TPSA) is 48.7 Å². The van der Waals surface area contributed by atoms with Gasteiger partial charge < -0.3 is 14.6 Å². The van der Waals surface area contributed by atoms with E-state index >= 15 is 0 Å². The van der Waals surface area contributed by atoms with E-state index in [0.29, 0.717) is 18.5 Å². The Morgan fingerprint density at radius 1 is 1.33 bits per heavy atom. The van der Waals surface area contributed by atoms with E-state index in [4.69, 9.17) is 16.0 Å². The quantitative estimate of drug-likeness (QED) is 0.902. The first-order valence-corrected chi connectivity index (χ1v) is 7.81. The summed E-state index contributed by atoms with van der Waals surface area (Å²) in [5.41, 5.74) is 0. The minimum atomic E-state index is -0.207. The maximum Gasteiger partial charge on any atom is 0.287 e. The molecule has 1 N–H and O–H groups in total. The van der Waals surface area contributed by atoms with Crippen molar-refractivity contribution in [3.63, 3.8) is 0 Å². The number of nitrogens with zero attached hydrogens (tertiary/aromatic N) is 2. The summed E-state index contributed by atoms with van der Waals surface area (Å²) >= 11 is 5.69. The summed E-state index contributed by atoms with van der Waals surface area (Å²) in [6.45, 7) is 9.25. The van der Waals surface area contributed by atoms with E-state index in [-0.39, 0.29) is 16.9 Å². The highest BCUT2D eigenvalue weighted by Crippen LogP contribution is 2.15. The molecule has 1 amide bonds. The molecule has 5 nitrogen and oxygen atoms in total. The molecule has 1 saturated heterocycles. The molecule has 6 heteroatoms. The smallest absolute Gasteiger partial charge is 0.287 e. The van der Waals surface area contributed by atoms with Crippen LogP contribution >= 0.6 is 11.6 Å². The normalized spacial score (nSPS) is 18.9. The van der Waals surface area contributed by atoms with Crippen molar-refractivity contribution < 1.29 is 9.21 Å². The van der Waals surface area contributed by atoms with Crippen LogP contribution in [0.15, 0.2) is 16.5 Å². The lowest BCUT2D eigenvalue weighted by Gasteiger charge is -2.39. The zero-order valence-corrected chi connectivity index (χ0v) is 13.7. The van der Waals surface area contributed by atoms with Crippen molar-refractivity contribution in [2.75, 3.05) is 39.8 Å². The Hall–Kier alpha value is -1.04. The van der Waals surface area contributed by atoms with Crippen molar-refractivity contribution in [1.29, 1.82) is 0 Å². The van der Waals surface area contributed by atoms with Gasteiger partial charge in [-0.3, -0.25) is 9.69 Å². The number of piperazine rings is 1. The van der Waals surface area contributed by atoms with E-state index in [0.717, 1.165) is 26.2 Å². The van der Waals surface area contributed by atoms with Crippen LogP contribution < -0.4 is 5.32 Å². The fourth-order valence-electron chi connectivity index (χ4n) is 2.66. The summed E-state index contributed by atoms with van der Waals surface area (Å²) in [5, 5.41) is 3.19. The molecule has 0 spiro atoms. The molecule has 1 atom stereocenters. The summed E-state index contributed by atoms with van der Waals surface area (Å²) in [7, 11) is 2.14. The Bertz CT molecular complexity index is 467. The zero-order valence-electron chi connectivity index (χ0n) is 12.9. The van der Waals surface area contributed by atoms with Crippen LogP contribution in [0, 0.1) is 5.92 Å². The van der Waals surface area contributed by atoms with Crippen LogP contribution in [-0.2, 0) is 0 Å². The molecule has 21 heavy (non-hydrogen) atoms. The van der Waals surface area contributed by atoms with Crippen LogP contribution in [0.25, 0.3) is 0 Å². The Morgan fingerprint density at radius 3 is 2.52 bits per heavy atom. The van der Waals surface area contributed by atoms with E-state index < -0.39 is 0 Å². The van der Waals surface area contributed by atoms with Gasteiger partial charge in [0.25, 0.3) is 5.91 Å². The summed E-state index contributed by atoms with van der Waals surface area (Å²) in [6.07, 6.45) is 0. The number of hydrogen-bond acceptors (Lipinski definition) is 4. The molecule has 2 heterocycles. The van der Waals surface area contributed by atoms with Gasteiger partial charge in [0.1, 0.15) is 0 Å². The maximum atomic E-state index is 12.0. The van der Waals surface area contributed by atoms with Gasteiger partial charge in [0.2, 0.25) is 0 Å². The van der Waals surface area contributed by atoms with Crippen LogP contribution in [0.4, 0.5) is 0 Å². The van der Waals surface area contributed by atoms with Crippen molar-refractivity contribution >= 4 is 17.5 Å². The highest BCUT2D eigenvalue weighted by atomic mass is 35.5. The average molecular weight is 314 g/mol. The van der Waals surface area contributed by atoms with Crippen molar-refractivity contribution in [3.05, 3.63) is 23.1 Å². The van der Waals surface area contributed by atoms with Crippen LogP contribution in [0.3, 0.4) is 0 Å². The number of carbonyl (C=O) groups is 1. The van der Waals surface area contributed by atoms with Gasteiger partial charge in [-0.1, -0.05) is 13.8 Å². The summed E-state index contributed by atoms with van der Waals surface area (Å²) in [5.74, 6) is 0.538. The molecular formula is C15H24ClN3O2. The van der Waals surface area contributed by atoms with Crippen LogP contribution in [0.5, 0.6) is 0 Å². The van der Waals surface area contributed by atoms with Crippen molar-refractivity contribution in [1.82, 2.24) is 15.1 Å². The summed E-state index contributed by atoms with van der Waals surface area (Å²) in [6, 6.07) is 3.52. The molecule has 0 saturated carbocycles. The third-order valence-electron chi connectivity index (χ3n) is 4.05. The fraction of sp³-hybridized carbons (Fsp3) is 0.667. The maximum absolute atomic E-state index is 12.0. The van der Waals surface area contributed by atoms with E-state index in [1.54, 1.807) is 12.1 Å². The van der Waals surface area contributed by atoms with Gasteiger partial charge >= 0.3 is 0 Å². The molecule has 0 bridgehead atoms. The molecule has 0 aromatic carbocycles. The van der Waals surface area contributed by atoms with Gasteiger partial charge in [-0.25, -0.2) is 0 Å². The second-order valence-corrected chi connectivity index (χ2v) is 6.34. The lowest BCUT2D eigenvalue weighted by atomic mass is 10.0. The van der Waals surface area contributed by atoms with Crippen LogP contribution in [0.2, 0.25) is 5.22 Å². The van der Waals surface area contributed by atoms with Crippen molar-refractivity contribution in [3.8, 4) is 0 Å². The highest BCUT2D eigenvalue weighted by Gasteiger charge is 2.25. The van der Waals surface area contributed by atoms with E-state index in [2.05, 4.69) is 36.0 Å². The number of carbonyl (C=O) groups excluding carboxylic acids is 1. The standard InChI is InChI=1S/C15H24ClN3O2/c1-11(2)12(19-8-6-18(3)7-9-19)10-17-15(20)13-4-5-14(16)21-13/h4-5,11-12H,6-10H2,1-3H3,(H,17,20). The molecule has 1 fully saturated rings. The van der Waals surface area contributed by atoms with E-state index in [1.165, 1.54) is 0 Å². The molecular weight excluding hydrogens is 290 g/mol. The lowest BCUT2D eigenvalue weighted by molar-refractivity contribution is 0.0777. The van der Waals surface area contributed by atoms with Gasteiger partial charge in [0.15, 0.2) is 11.0 Å². The third kappa shape index (κ3) is 4.46. The van der Waals surface area contributed by atoms with E-state index in [9.17, 15) is 4.79 Å². The van der Waals surface area contributed by atoms with Gasteiger partial charge in [-0.15, -0.1) is 0 Å². The number of likely N-dealkylation sites (N-methyl/N-ethyl adjacent to an activating group) is 1. The Balaban J connectivity index is 1.89. The first kappa shape index (κ1) is 16.3.